The molecule has 0 fully saturated rings. The van der Waals surface area contributed by atoms with E-state index < -0.39 is 5.97 Å². The Labute approximate surface area is 179 Å². The lowest BCUT2D eigenvalue weighted by molar-refractivity contribution is 0.0697. The molecule has 0 aliphatic rings. The lowest BCUT2D eigenvalue weighted by Gasteiger charge is -2.25. The molecule has 1 aromatic carbocycles. The first kappa shape index (κ1) is 21.8. The van der Waals surface area contributed by atoms with Crippen molar-refractivity contribution in [3.8, 4) is 22.7 Å². The summed E-state index contributed by atoms with van der Waals surface area (Å²) in [7, 11) is 3.25. The van der Waals surface area contributed by atoms with Crippen LogP contribution in [0.2, 0.25) is 5.15 Å². The number of halogens is 1. The van der Waals surface area contributed by atoms with Gasteiger partial charge in [-0.2, -0.15) is 0 Å². The fourth-order valence-electron chi connectivity index (χ4n) is 2.89. The van der Waals surface area contributed by atoms with Crippen molar-refractivity contribution in [2.75, 3.05) is 45.4 Å². The van der Waals surface area contributed by atoms with Gasteiger partial charge in [0.15, 0.2) is 16.7 Å². The number of methoxy groups -OCH3 is 2. The number of nitrogens with zero attached hydrogens (tertiary/aromatic N) is 3. The number of rotatable bonds is 10. The predicted octanol–water partition coefficient (Wildman–Crippen LogP) is 3.85. The zero-order chi connectivity index (χ0) is 21.5. The van der Waals surface area contributed by atoms with E-state index in [1.54, 1.807) is 44.7 Å². The number of ether oxygens (including phenoxy) is 2. The van der Waals surface area contributed by atoms with Crippen molar-refractivity contribution in [2.24, 2.45) is 0 Å². The second-order valence-corrected chi connectivity index (χ2v) is 6.73. The summed E-state index contributed by atoms with van der Waals surface area (Å²) in [5, 5.41) is 9.36. The summed E-state index contributed by atoms with van der Waals surface area (Å²) < 4.78 is 16.0. The number of aromatic carboxylic acids is 1. The maximum Gasteiger partial charge on any atom is 0.335 e. The second-order valence-electron chi connectivity index (χ2n) is 6.37. The van der Waals surface area contributed by atoms with E-state index in [1.807, 2.05) is 4.90 Å². The molecule has 0 unspecified atom stereocenters. The van der Waals surface area contributed by atoms with Gasteiger partial charge in [0.1, 0.15) is 11.4 Å². The van der Waals surface area contributed by atoms with Crippen LogP contribution in [0.3, 0.4) is 0 Å². The zero-order valence-corrected chi connectivity index (χ0v) is 17.4. The van der Waals surface area contributed by atoms with Gasteiger partial charge < -0.3 is 23.9 Å². The molecule has 2 aromatic heterocycles. The second kappa shape index (κ2) is 10.2. The van der Waals surface area contributed by atoms with Crippen LogP contribution < -0.4 is 4.90 Å². The van der Waals surface area contributed by atoms with Gasteiger partial charge in [-0.25, -0.2) is 14.8 Å². The van der Waals surface area contributed by atoms with Crippen molar-refractivity contribution in [1.82, 2.24) is 9.97 Å². The van der Waals surface area contributed by atoms with Gasteiger partial charge in [-0.1, -0.05) is 23.7 Å². The van der Waals surface area contributed by atoms with Crippen LogP contribution in [0.25, 0.3) is 22.7 Å². The SMILES string of the molecule is COCCN(CCOC)c1nc(-c2ccco2)c(Cl)nc1-c1ccc(C(=O)O)cc1. The molecule has 1 N–H and O–H groups in total. The third-order valence-corrected chi connectivity index (χ3v) is 4.69. The van der Waals surface area contributed by atoms with E-state index in [1.165, 1.54) is 12.1 Å². The number of hydrogen-bond acceptors (Lipinski definition) is 7. The minimum absolute atomic E-state index is 0.183. The lowest BCUT2D eigenvalue weighted by Crippen LogP contribution is -2.32. The third-order valence-electron chi connectivity index (χ3n) is 4.42. The van der Waals surface area contributed by atoms with Crippen LogP contribution in [0.15, 0.2) is 47.1 Å². The number of hydrogen-bond donors (Lipinski definition) is 1. The largest absolute Gasteiger partial charge is 0.478 e. The highest BCUT2D eigenvalue weighted by Crippen LogP contribution is 2.34. The fraction of sp³-hybridized carbons (Fsp3) is 0.286. The predicted molar refractivity (Wildman–Crippen MR) is 113 cm³/mol. The highest BCUT2D eigenvalue weighted by atomic mass is 35.5. The molecular weight excluding hydrogens is 410 g/mol. The molecule has 3 aromatic rings. The van der Waals surface area contributed by atoms with Gasteiger partial charge in [0, 0.05) is 32.9 Å². The third kappa shape index (κ3) is 4.96. The van der Waals surface area contributed by atoms with Gasteiger partial charge in [-0.15, -0.1) is 0 Å². The Morgan fingerprint density at radius 3 is 2.27 bits per heavy atom. The average Bonchev–Trinajstić information content (AvgIpc) is 3.28. The Morgan fingerprint density at radius 1 is 1.07 bits per heavy atom. The quantitative estimate of drug-likeness (QED) is 0.516. The van der Waals surface area contributed by atoms with Crippen LogP contribution in [0.1, 0.15) is 10.4 Å². The molecular formula is C21H22ClN3O5. The summed E-state index contributed by atoms with van der Waals surface area (Å²) in [6.07, 6.45) is 1.54. The number of carboxylic acids is 1. The van der Waals surface area contributed by atoms with Gasteiger partial charge in [0.05, 0.1) is 25.0 Å². The normalized spacial score (nSPS) is 10.9. The van der Waals surface area contributed by atoms with E-state index in [0.29, 0.717) is 54.8 Å². The number of carbonyl (C=O) groups is 1. The molecule has 2 heterocycles. The highest BCUT2D eigenvalue weighted by Gasteiger charge is 2.21. The van der Waals surface area contributed by atoms with Crippen LogP contribution in [0.4, 0.5) is 5.82 Å². The monoisotopic (exact) mass is 431 g/mol. The molecule has 8 nitrogen and oxygen atoms in total. The summed E-state index contributed by atoms with van der Waals surface area (Å²) >= 11 is 6.44. The Hall–Kier alpha value is -2.94. The molecule has 0 saturated heterocycles. The van der Waals surface area contributed by atoms with Crippen molar-refractivity contribution in [3.63, 3.8) is 0 Å². The number of carboxylic acid groups (broad SMARTS) is 1. The molecule has 0 bridgehead atoms. The average molecular weight is 432 g/mol. The van der Waals surface area contributed by atoms with E-state index in [0.717, 1.165) is 0 Å². The summed E-state index contributed by atoms with van der Waals surface area (Å²) in [6.45, 7) is 2.05. The van der Waals surface area contributed by atoms with Gasteiger partial charge in [-0.05, 0) is 24.3 Å². The van der Waals surface area contributed by atoms with Crippen molar-refractivity contribution in [1.29, 1.82) is 0 Å². The van der Waals surface area contributed by atoms with Gasteiger partial charge in [0.25, 0.3) is 0 Å². The van der Waals surface area contributed by atoms with E-state index in [2.05, 4.69) is 4.98 Å². The Balaban J connectivity index is 2.13. The van der Waals surface area contributed by atoms with Crippen LogP contribution in [-0.4, -0.2) is 61.6 Å². The lowest BCUT2D eigenvalue weighted by atomic mass is 10.1. The Kier molecular flexibility index (Phi) is 7.40. The van der Waals surface area contributed by atoms with E-state index in [9.17, 15) is 9.90 Å². The zero-order valence-electron chi connectivity index (χ0n) is 16.7. The molecule has 0 aliphatic carbocycles. The van der Waals surface area contributed by atoms with Crippen LogP contribution in [0, 0.1) is 0 Å². The standard InChI is InChI=1S/C21H22ClN3O5/c1-28-12-9-25(10-13-29-2)20-17(14-5-7-15(8-6-14)21(26)27)23-19(22)18(24-20)16-4-3-11-30-16/h3-8,11H,9-10,12-13H2,1-2H3,(H,26,27). The van der Waals surface area contributed by atoms with Crippen molar-refractivity contribution < 1.29 is 23.8 Å². The molecule has 30 heavy (non-hydrogen) atoms. The molecule has 0 spiro atoms. The summed E-state index contributed by atoms with van der Waals surface area (Å²) in [6, 6.07) is 9.92. The maximum atomic E-state index is 11.2. The van der Waals surface area contributed by atoms with E-state index in [4.69, 9.17) is 30.5 Å². The first-order valence-electron chi connectivity index (χ1n) is 9.23. The minimum atomic E-state index is -0.999. The molecule has 0 saturated carbocycles. The molecule has 0 radical (unpaired) electrons. The topological polar surface area (TPSA) is 97.9 Å². The number of anilines is 1. The molecule has 9 heteroatoms. The molecule has 0 aliphatic heterocycles. The fourth-order valence-corrected chi connectivity index (χ4v) is 3.11. The number of benzene rings is 1. The van der Waals surface area contributed by atoms with Crippen LogP contribution >= 0.6 is 11.6 Å². The smallest absolute Gasteiger partial charge is 0.335 e. The first-order valence-corrected chi connectivity index (χ1v) is 9.61. The van der Waals surface area contributed by atoms with Gasteiger partial charge >= 0.3 is 5.97 Å². The van der Waals surface area contributed by atoms with Crippen molar-refractivity contribution in [2.45, 2.75) is 0 Å². The number of aromatic nitrogens is 2. The molecule has 0 amide bonds. The molecule has 0 atom stereocenters. The van der Waals surface area contributed by atoms with Crippen LogP contribution in [-0.2, 0) is 9.47 Å². The van der Waals surface area contributed by atoms with Crippen molar-refractivity contribution >= 4 is 23.4 Å². The van der Waals surface area contributed by atoms with Crippen molar-refractivity contribution in [3.05, 3.63) is 53.4 Å². The summed E-state index contributed by atoms with van der Waals surface area (Å²) in [5.41, 5.74) is 1.82. The molecule has 3 rings (SSSR count). The van der Waals surface area contributed by atoms with Gasteiger partial charge in [-0.3, -0.25) is 0 Å². The van der Waals surface area contributed by atoms with E-state index >= 15 is 0 Å². The summed E-state index contributed by atoms with van der Waals surface area (Å²) in [5.74, 6) is 0.0730. The molecule has 158 valence electrons. The van der Waals surface area contributed by atoms with Crippen LogP contribution in [0.5, 0.6) is 0 Å². The minimum Gasteiger partial charge on any atom is -0.478 e. The number of furan rings is 1. The maximum absolute atomic E-state index is 11.2. The van der Waals surface area contributed by atoms with Gasteiger partial charge in [0.2, 0.25) is 0 Å². The van der Waals surface area contributed by atoms with E-state index in [-0.39, 0.29) is 10.7 Å². The Bertz CT molecular complexity index is 969. The summed E-state index contributed by atoms with van der Waals surface area (Å²) in [4.78, 5) is 22.5. The first-order chi connectivity index (χ1) is 14.5. The highest BCUT2D eigenvalue weighted by molar-refractivity contribution is 6.31. The Morgan fingerprint density at radius 2 is 1.73 bits per heavy atom.